The van der Waals surface area contributed by atoms with Gasteiger partial charge in [0, 0.05) is 24.7 Å². The number of non-ortho nitro benzene ring substituents is 1. The van der Waals surface area contributed by atoms with Gasteiger partial charge < -0.3 is 14.8 Å². The number of rotatable bonds is 5. The topological polar surface area (TPSA) is 73.6 Å². The number of nitro groups is 1. The maximum Gasteiger partial charge on any atom is 0.269 e. The molecular formula is C13H18N2O4. The fourth-order valence-corrected chi connectivity index (χ4v) is 1.97. The lowest BCUT2D eigenvalue weighted by Gasteiger charge is -2.25. The number of benzene rings is 1. The lowest BCUT2D eigenvalue weighted by molar-refractivity contribution is -0.384. The molecule has 104 valence electrons. The predicted molar refractivity (Wildman–Crippen MR) is 70.1 cm³/mol. The van der Waals surface area contributed by atoms with Crippen LogP contribution < -0.4 is 5.32 Å². The SMILES string of the molecule is CC(NCC1COCCO1)c1ccc([N+](=O)[O-])cc1. The molecule has 1 aromatic rings. The standard InChI is InChI=1S/C13H18N2O4/c1-10(14-8-13-9-18-6-7-19-13)11-2-4-12(5-3-11)15(16)17/h2-5,10,13-14H,6-9H2,1H3. The molecule has 6 nitrogen and oxygen atoms in total. The number of nitrogens with one attached hydrogen (secondary N) is 1. The Kier molecular flexibility index (Phi) is 4.84. The van der Waals surface area contributed by atoms with Crippen LogP contribution in [0.5, 0.6) is 0 Å². The lowest BCUT2D eigenvalue weighted by Crippen LogP contribution is -2.38. The first-order valence-corrected chi connectivity index (χ1v) is 6.34. The molecule has 1 aliphatic rings. The van der Waals surface area contributed by atoms with Gasteiger partial charge in [-0.05, 0) is 12.5 Å². The van der Waals surface area contributed by atoms with Crippen LogP contribution in [0.1, 0.15) is 18.5 Å². The van der Waals surface area contributed by atoms with E-state index >= 15 is 0 Å². The number of ether oxygens (including phenoxy) is 2. The van der Waals surface area contributed by atoms with E-state index in [1.54, 1.807) is 12.1 Å². The summed E-state index contributed by atoms with van der Waals surface area (Å²) in [4.78, 5) is 10.2. The van der Waals surface area contributed by atoms with E-state index < -0.39 is 4.92 Å². The van der Waals surface area contributed by atoms with Crippen LogP contribution in [0.25, 0.3) is 0 Å². The molecule has 0 aliphatic carbocycles. The van der Waals surface area contributed by atoms with Crippen molar-refractivity contribution in [3.8, 4) is 0 Å². The molecule has 2 rings (SSSR count). The Bertz CT molecular complexity index is 415. The van der Waals surface area contributed by atoms with Crippen LogP contribution in [0.2, 0.25) is 0 Å². The smallest absolute Gasteiger partial charge is 0.269 e. The van der Waals surface area contributed by atoms with Gasteiger partial charge in [0.15, 0.2) is 0 Å². The first kappa shape index (κ1) is 13.9. The van der Waals surface area contributed by atoms with Gasteiger partial charge in [0.2, 0.25) is 0 Å². The van der Waals surface area contributed by atoms with E-state index in [-0.39, 0.29) is 17.8 Å². The molecule has 1 saturated heterocycles. The van der Waals surface area contributed by atoms with Gasteiger partial charge in [-0.3, -0.25) is 10.1 Å². The van der Waals surface area contributed by atoms with Gasteiger partial charge >= 0.3 is 0 Å². The summed E-state index contributed by atoms with van der Waals surface area (Å²) in [6, 6.07) is 6.70. The van der Waals surface area contributed by atoms with Gasteiger partial charge in [-0.2, -0.15) is 0 Å². The highest BCUT2D eigenvalue weighted by atomic mass is 16.6. The first-order valence-electron chi connectivity index (χ1n) is 6.34. The second-order valence-electron chi connectivity index (χ2n) is 4.55. The van der Waals surface area contributed by atoms with Crippen molar-refractivity contribution >= 4 is 5.69 Å². The van der Waals surface area contributed by atoms with Gasteiger partial charge in [-0.1, -0.05) is 12.1 Å². The molecule has 1 fully saturated rings. The minimum atomic E-state index is -0.394. The van der Waals surface area contributed by atoms with Gasteiger partial charge in [-0.15, -0.1) is 0 Å². The van der Waals surface area contributed by atoms with E-state index in [4.69, 9.17) is 9.47 Å². The second kappa shape index (κ2) is 6.60. The summed E-state index contributed by atoms with van der Waals surface area (Å²) < 4.78 is 10.9. The molecule has 0 amide bonds. The van der Waals surface area contributed by atoms with Crippen LogP contribution in [-0.2, 0) is 9.47 Å². The third-order valence-electron chi connectivity index (χ3n) is 3.14. The Morgan fingerprint density at radius 2 is 2.16 bits per heavy atom. The zero-order valence-electron chi connectivity index (χ0n) is 10.9. The summed E-state index contributed by atoms with van der Waals surface area (Å²) in [5, 5.41) is 13.9. The molecule has 1 aromatic carbocycles. The highest BCUT2D eigenvalue weighted by molar-refractivity contribution is 5.34. The van der Waals surface area contributed by atoms with E-state index in [2.05, 4.69) is 5.32 Å². The molecule has 1 heterocycles. The predicted octanol–water partition coefficient (Wildman–Crippen LogP) is 1.66. The van der Waals surface area contributed by atoms with Gasteiger partial charge in [-0.25, -0.2) is 0 Å². The second-order valence-corrected chi connectivity index (χ2v) is 4.55. The summed E-state index contributed by atoms with van der Waals surface area (Å²) in [6.45, 7) is 4.63. The Balaban J connectivity index is 1.84. The first-order chi connectivity index (χ1) is 9.16. The van der Waals surface area contributed by atoms with Crippen LogP contribution in [-0.4, -0.2) is 37.4 Å². The minimum Gasteiger partial charge on any atom is -0.376 e. The quantitative estimate of drug-likeness (QED) is 0.648. The van der Waals surface area contributed by atoms with Crippen molar-refractivity contribution in [3.05, 3.63) is 39.9 Å². The fraction of sp³-hybridized carbons (Fsp3) is 0.538. The van der Waals surface area contributed by atoms with Crippen molar-refractivity contribution < 1.29 is 14.4 Å². The fourth-order valence-electron chi connectivity index (χ4n) is 1.97. The Hall–Kier alpha value is -1.50. The van der Waals surface area contributed by atoms with Gasteiger partial charge in [0.1, 0.15) is 0 Å². The highest BCUT2D eigenvalue weighted by Crippen LogP contribution is 2.17. The highest BCUT2D eigenvalue weighted by Gasteiger charge is 2.15. The monoisotopic (exact) mass is 266 g/mol. The number of hydrogen-bond acceptors (Lipinski definition) is 5. The van der Waals surface area contributed by atoms with E-state index in [0.29, 0.717) is 26.4 Å². The van der Waals surface area contributed by atoms with Crippen LogP contribution in [0.15, 0.2) is 24.3 Å². The molecule has 6 heteroatoms. The van der Waals surface area contributed by atoms with Crippen molar-refractivity contribution in [3.63, 3.8) is 0 Å². The van der Waals surface area contributed by atoms with Crippen molar-refractivity contribution in [2.45, 2.75) is 19.1 Å². The summed E-state index contributed by atoms with van der Waals surface area (Å²) in [6.07, 6.45) is 0.0780. The average Bonchev–Trinajstić information content (AvgIpc) is 2.46. The molecule has 0 radical (unpaired) electrons. The summed E-state index contributed by atoms with van der Waals surface area (Å²) in [5.41, 5.74) is 1.13. The maximum atomic E-state index is 10.6. The molecular weight excluding hydrogens is 248 g/mol. The number of hydrogen-bond donors (Lipinski definition) is 1. The van der Waals surface area contributed by atoms with E-state index in [1.165, 1.54) is 12.1 Å². The zero-order valence-corrected chi connectivity index (χ0v) is 10.9. The average molecular weight is 266 g/mol. The van der Waals surface area contributed by atoms with Crippen LogP contribution in [0.4, 0.5) is 5.69 Å². The molecule has 2 unspecified atom stereocenters. The molecule has 0 aromatic heterocycles. The van der Waals surface area contributed by atoms with Crippen molar-refractivity contribution in [2.24, 2.45) is 0 Å². The normalized spacial score (nSPS) is 21.0. The number of nitro benzene ring substituents is 1. The molecule has 2 atom stereocenters. The molecule has 1 N–H and O–H groups in total. The lowest BCUT2D eigenvalue weighted by atomic mass is 10.1. The van der Waals surface area contributed by atoms with Gasteiger partial charge in [0.25, 0.3) is 5.69 Å². The Labute approximate surface area is 111 Å². The van der Waals surface area contributed by atoms with Crippen molar-refractivity contribution in [1.82, 2.24) is 5.32 Å². The van der Waals surface area contributed by atoms with Crippen molar-refractivity contribution in [1.29, 1.82) is 0 Å². The van der Waals surface area contributed by atoms with Crippen LogP contribution in [0.3, 0.4) is 0 Å². The molecule has 1 aliphatic heterocycles. The van der Waals surface area contributed by atoms with Crippen LogP contribution in [0, 0.1) is 10.1 Å². The summed E-state index contributed by atoms with van der Waals surface area (Å²) in [7, 11) is 0. The molecule has 19 heavy (non-hydrogen) atoms. The van der Waals surface area contributed by atoms with Gasteiger partial charge in [0.05, 0.1) is 30.8 Å². The zero-order chi connectivity index (χ0) is 13.7. The third-order valence-corrected chi connectivity index (χ3v) is 3.14. The van der Waals surface area contributed by atoms with Crippen molar-refractivity contribution in [2.75, 3.05) is 26.4 Å². The summed E-state index contributed by atoms with van der Waals surface area (Å²) in [5.74, 6) is 0. The third kappa shape index (κ3) is 3.99. The van der Waals surface area contributed by atoms with E-state index in [0.717, 1.165) is 5.56 Å². The Morgan fingerprint density at radius 1 is 1.42 bits per heavy atom. The summed E-state index contributed by atoms with van der Waals surface area (Å²) >= 11 is 0. The maximum absolute atomic E-state index is 10.6. The molecule has 0 spiro atoms. The Morgan fingerprint density at radius 3 is 2.74 bits per heavy atom. The molecule has 0 bridgehead atoms. The van der Waals surface area contributed by atoms with Crippen LogP contribution >= 0.6 is 0 Å². The largest absolute Gasteiger partial charge is 0.376 e. The minimum absolute atomic E-state index is 0.0780. The molecule has 0 saturated carbocycles. The van der Waals surface area contributed by atoms with E-state index in [9.17, 15) is 10.1 Å². The number of nitrogens with zero attached hydrogens (tertiary/aromatic N) is 1. The van der Waals surface area contributed by atoms with E-state index in [1.807, 2.05) is 6.92 Å².